The third-order valence-electron chi connectivity index (χ3n) is 4.01. The van der Waals surface area contributed by atoms with Gasteiger partial charge in [-0.05, 0) is 37.0 Å². The van der Waals surface area contributed by atoms with Crippen LogP contribution >= 0.6 is 11.6 Å². The fraction of sp³-hybridized carbons (Fsp3) is 0.438. The smallest absolute Gasteiger partial charge is 0.328 e. The van der Waals surface area contributed by atoms with Gasteiger partial charge in [0.25, 0.3) is 0 Å². The molecule has 1 heterocycles. The highest BCUT2D eigenvalue weighted by Gasteiger charge is 2.34. The van der Waals surface area contributed by atoms with Crippen LogP contribution in [0.1, 0.15) is 29.5 Å². The Labute approximate surface area is 134 Å². The Morgan fingerprint density at radius 3 is 2.86 bits per heavy atom. The number of hydrogen-bond donors (Lipinski definition) is 0. The van der Waals surface area contributed by atoms with Crippen molar-refractivity contribution in [3.05, 3.63) is 33.8 Å². The van der Waals surface area contributed by atoms with Crippen LogP contribution in [0.15, 0.2) is 12.1 Å². The lowest BCUT2D eigenvalue weighted by Gasteiger charge is -2.23. The number of amides is 1. The number of carbonyl (C=O) groups excluding carboxylic acids is 2. The SMILES string of the molecule is COC(=O)[C@@H]1CCCN1C(=O)Cc1ccc(C#N)c(Cl)c1C. The summed E-state index contributed by atoms with van der Waals surface area (Å²) in [4.78, 5) is 25.8. The number of benzene rings is 1. The molecule has 1 atom stereocenters. The quantitative estimate of drug-likeness (QED) is 0.801. The molecule has 22 heavy (non-hydrogen) atoms. The van der Waals surface area contributed by atoms with Crippen molar-refractivity contribution in [2.75, 3.05) is 13.7 Å². The van der Waals surface area contributed by atoms with Crippen LogP contribution in [0.3, 0.4) is 0 Å². The van der Waals surface area contributed by atoms with E-state index >= 15 is 0 Å². The molecule has 1 aliphatic heterocycles. The zero-order chi connectivity index (χ0) is 16.3. The van der Waals surface area contributed by atoms with E-state index in [-0.39, 0.29) is 18.3 Å². The van der Waals surface area contributed by atoms with Gasteiger partial charge in [0.2, 0.25) is 5.91 Å². The minimum absolute atomic E-state index is 0.128. The number of carbonyl (C=O) groups is 2. The van der Waals surface area contributed by atoms with Crippen molar-refractivity contribution in [2.45, 2.75) is 32.2 Å². The molecule has 0 aliphatic carbocycles. The standard InChI is InChI=1S/C16H17ClN2O3/c1-10-11(5-6-12(9-18)15(10)17)8-14(20)19-7-3-4-13(19)16(21)22-2/h5-6,13H,3-4,7-8H2,1-2H3/t13-/m0/s1. The van der Waals surface area contributed by atoms with Crippen LogP contribution in [0.2, 0.25) is 5.02 Å². The van der Waals surface area contributed by atoms with Crippen LogP contribution in [0.25, 0.3) is 0 Å². The van der Waals surface area contributed by atoms with Gasteiger partial charge in [0, 0.05) is 6.54 Å². The first-order chi connectivity index (χ1) is 10.5. The van der Waals surface area contributed by atoms with Crippen molar-refractivity contribution >= 4 is 23.5 Å². The van der Waals surface area contributed by atoms with Crippen molar-refractivity contribution in [3.8, 4) is 6.07 Å². The number of halogens is 1. The number of nitrogens with zero attached hydrogens (tertiary/aromatic N) is 2. The van der Waals surface area contributed by atoms with E-state index in [0.717, 1.165) is 17.5 Å². The van der Waals surface area contributed by atoms with Crippen LogP contribution in [-0.4, -0.2) is 36.5 Å². The molecule has 6 heteroatoms. The van der Waals surface area contributed by atoms with Gasteiger partial charge in [0.15, 0.2) is 0 Å². The highest BCUT2D eigenvalue weighted by molar-refractivity contribution is 6.32. The van der Waals surface area contributed by atoms with Crippen molar-refractivity contribution < 1.29 is 14.3 Å². The second kappa shape index (κ2) is 6.80. The summed E-state index contributed by atoms with van der Waals surface area (Å²) in [7, 11) is 1.33. The van der Waals surface area contributed by atoms with E-state index in [1.54, 1.807) is 24.0 Å². The molecule has 2 rings (SSSR count). The Balaban J connectivity index is 2.17. The number of rotatable bonds is 3. The van der Waals surface area contributed by atoms with Gasteiger partial charge in [-0.15, -0.1) is 0 Å². The van der Waals surface area contributed by atoms with Crippen molar-refractivity contribution in [1.29, 1.82) is 5.26 Å². The predicted molar refractivity (Wildman–Crippen MR) is 81.4 cm³/mol. The van der Waals surface area contributed by atoms with Crippen LogP contribution in [-0.2, 0) is 20.7 Å². The number of hydrogen-bond acceptors (Lipinski definition) is 4. The Bertz CT molecular complexity index is 652. The lowest BCUT2D eigenvalue weighted by Crippen LogP contribution is -2.41. The van der Waals surface area contributed by atoms with Gasteiger partial charge in [-0.2, -0.15) is 5.26 Å². The summed E-state index contributed by atoms with van der Waals surface area (Å²) in [5.41, 5.74) is 1.89. The maximum absolute atomic E-state index is 12.5. The summed E-state index contributed by atoms with van der Waals surface area (Å²) in [6.45, 7) is 2.34. The van der Waals surface area contributed by atoms with Crippen molar-refractivity contribution in [1.82, 2.24) is 4.90 Å². The molecule has 0 radical (unpaired) electrons. The van der Waals surface area contributed by atoms with Gasteiger partial charge < -0.3 is 9.64 Å². The minimum atomic E-state index is -0.494. The topological polar surface area (TPSA) is 70.4 Å². The van der Waals surface area contributed by atoms with Crippen LogP contribution in [0.4, 0.5) is 0 Å². The Morgan fingerprint density at radius 1 is 1.50 bits per heavy atom. The number of methoxy groups -OCH3 is 1. The molecule has 1 aromatic carbocycles. The molecule has 1 aromatic rings. The highest BCUT2D eigenvalue weighted by atomic mass is 35.5. The Hall–Kier alpha value is -2.06. The number of esters is 1. The molecule has 0 N–H and O–H groups in total. The second-order valence-electron chi connectivity index (χ2n) is 5.27. The molecule has 1 fully saturated rings. The van der Waals surface area contributed by atoms with Gasteiger partial charge in [-0.1, -0.05) is 17.7 Å². The van der Waals surface area contributed by atoms with Gasteiger partial charge >= 0.3 is 5.97 Å². The van der Waals surface area contributed by atoms with E-state index in [2.05, 4.69) is 0 Å². The van der Waals surface area contributed by atoms with E-state index in [4.69, 9.17) is 21.6 Å². The Morgan fingerprint density at radius 2 is 2.23 bits per heavy atom. The number of ether oxygens (including phenoxy) is 1. The highest BCUT2D eigenvalue weighted by Crippen LogP contribution is 2.25. The first-order valence-corrected chi connectivity index (χ1v) is 7.42. The van der Waals surface area contributed by atoms with Gasteiger partial charge in [-0.3, -0.25) is 4.79 Å². The fourth-order valence-electron chi connectivity index (χ4n) is 2.71. The van der Waals surface area contributed by atoms with E-state index in [1.807, 2.05) is 6.07 Å². The molecular formula is C16H17ClN2O3. The normalized spacial score (nSPS) is 17.2. The summed E-state index contributed by atoms with van der Waals surface area (Å²) in [5.74, 6) is -0.503. The Kier molecular flexibility index (Phi) is 5.04. The van der Waals surface area contributed by atoms with Crippen molar-refractivity contribution in [2.24, 2.45) is 0 Å². The molecule has 116 valence electrons. The van der Waals surface area contributed by atoms with Crippen LogP contribution < -0.4 is 0 Å². The molecule has 0 bridgehead atoms. The lowest BCUT2D eigenvalue weighted by molar-refractivity contribution is -0.150. The number of nitriles is 1. The predicted octanol–water partition coefficient (Wildman–Crippen LogP) is 2.23. The first kappa shape index (κ1) is 16.3. The maximum atomic E-state index is 12.5. The number of likely N-dealkylation sites (tertiary alicyclic amines) is 1. The molecular weight excluding hydrogens is 304 g/mol. The van der Waals surface area contributed by atoms with E-state index in [9.17, 15) is 9.59 Å². The van der Waals surface area contributed by atoms with Crippen molar-refractivity contribution in [3.63, 3.8) is 0 Å². The van der Waals surface area contributed by atoms with Gasteiger partial charge in [0.1, 0.15) is 12.1 Å². The summed E-state index contributed by atoms with van der Waals surface area (Å²) < 4.78 is 4.75. The van der Waals surface area contributed by atoms with E-state index in [0.29, 0.717) is 23.6 Å². The molecule has 1 saturated heterocycles. The largest absolute Gasteiger partial charge is 0.467 e. The summed E-state index contributed by atoms with van der Waals surface area (Å²) in [6, 6.07) is 4.87. The summed E-state index contributed by atoms with van der Waals surface area (Å²) in [6.07, 6.45) is 1.58. The molecule has 1 amide bonds. The van der Waals surface area contributed by atoms with E-state index in [1.165, 1.54) is 7.11 Å². The zero-order valence-electron chi connectivity index (χ0n) is 12.6. The molecule has 1 aliphatic rings. The average Bonchev–Trinajstić information content (AvgIpc) is 3.01. The fourth-order valence-corrected chi connectivity index (χ4v) is 2.94. The first-order valence-electron chi connectivity index (χ1n) is 7.05. The van der Waals surface area contributed by atoms with E-state index < -0.39 is 6.04 Å². The summed E-state index contributed by atoms with van der Waals surface area (Å²) >= 11 is 6.12. The molecule has 0 spiro atoms. The molecule has 5 nitrogen and oxygen atoms in total. The molecule has 0 saturated carbocycles. The van der Waals surface area contributed by atoms with Gasteiger partial charge in [-0.25, -0.2) is 4.79 Å². The van der Waals surface area contributed by atoms with Crippen LogP contribution in [0.5, 0.6) is 0 Å². The lowest BCUT2D eigenvalue weighted by atomic mass is 10.0. The maximum Gasteiger partial charge on any atom is 0.328 e. The van der Waals surface area contributed by atoms with Gasteiger partial charge in [0.05, 0.1) is 24.1 Å². The average molecular weight is 321 g/mol. The molecule has 0 unspecified atom stereocenters. The van der Waals surface area contributed by atoms with Crippen LogP contribution in [0, 0.1) is 18.3 Å². The third-order valence-corrected chi connectivity index (χ3v) is 4.49. The summed E-state index contributed by atoms with van der Waals surface area (Å²) in [5, 5.41) is 9.32. The zero-order valence-corrected chi connectivity index (χ0v) is 13.3. The molecule has 0 aromatic heterocycles. The monoisotopic (exact) mass is 320 g/mol. The third kappa shape index (κ3) is 3.07. The second-order valence-corrected chi connectivity index (χ2v) is 5.65. The minimum Gasteiger partial charge on any atom is -0.467 e.